The van der Waals surface area contributed by atoms with E-state index in [-0.39, 0.29) is 34.3 Å². The summed E-state index contributed by atoms with van der Waals surface area (Å²) in [7, 11) is 1.46. The van der Waals surface area contributed by atoms with Crippen LogP contribution in [0.1, 0.15) is 40.6 Å². The lowest BCUT2D eigenvalue weighted by atomic mass is 9.86. The van der Waals surface area contributed by atoms with Crippen LogP contribution in [0.25, 0.3) is 0 Å². The number of benzene rings is 3. The zero-order valence-electron chi connectivity index (χ0n) is 17.8. The summed E-state index contributed by atoms with van der Waals surface area (Å²) in [4.78, 5) is 12.9. The number of ketones is 1. The molecule has 33 heavy (non-hydrogen) atoms. The molecule has 3 N–H and O–H groups in total. The number of hydrogen-bond donors (Lipinski definition) is 3. The maximum Gasteiger partial charge on any atom is 0.180 e. The predicted octanol–water partition coefficient (Wildman–Crippen LogP) is 4.44. The van der Waals surface area contributed by atoms with Crippen molar-refractivity contribution in [3.8, 4) is 40.2 Å². The summed E-state index contributed by atoms with van der Waals surface area (Å²) in [6.07, 6.45) is -1.21. The summed E-state index contributed by atoms with van der Waals surface area (Å²) in [5.74, 6) is 0.0462. The Kier molecular flexibility index (Phi) is 4.92. The molecule has 0 saturated heterocycles. The van der Waals surface area contributed by atoms with Crippen LogP contribution in [0.3, 0.4) is 0 Å². The third-order valence-corrected chi connectivity index (χ3v) is 5.84. The molecule has 0 aromatic heterocycles. The second-order valence-corrected chi connectivity index (χ2v) is 7.96. The lowest BCUT2D eigenvalue weighted by molar-refractivity contribution is 0.0681. The van der Waals surface area contributed by atoms with E-state index < -0.39 is 18.1 Å². The van der Waals surface area contributed by atoms with Gasteiger partial charge in [0.05, 0.1) is 13.0 Å². The van der Waals surface area contributed by atoms with Gasteiger partial charge < -0.3 is 34.3 Å². The first-order valence-corrected chi connectivity index (χ1v) is 10.3. The molecule has 5 rings (SSSR count). The fourth-order valence-electron chi connectivity index (χ4n) is 4.10. The Morgan fingerprint density at radius 3 is 2.42 bits per heavy atom. The van der Waals surface area contributed by atoms with Gasteiger partial charge in [0.2, 0.25) is 0 Å². The Hall–Kier alpha value is -4.07. The van der Waals surface area contributed by atoms with E-state index in [1.807, 2.05) is 0 Å². The van der Waals surface area contributed by atoms with Crippen molar-refractivity contribution in [2.75, 3.05) is 7.11 Å². The smallest absolute Gasteiger partial charge is 0.180 e. The van der Waals surface area contributed by atoms with Gasteiger partial charge in [-0.05, 0) is 29.8 Å². The number of hydrogen-bond acceptors (Lipinski definition) is 8. The van der Waals surface area contributed by atoms with Crippen molar-refractivity contribution < 1.29 is 39.1 Å². The van der Waals surface area contributed by atoms with Crippen LogP contribution >= 0.6 is 0 Å². The van der Waals surface area contributed by atoms with E-state index in [4.69, 9.17) is 18.9 Å². The molecule has 3 atom stereocenters. The van der Waals surface area contributed by atoms with Gasteiger partial charge in [-0.15, -0.1) is 0 Å². The lowest BCUT2D eigenvalue weighted by Gasteiger charge is -2.32. The van der Waals surface area contributed by atoms with E-state index in [1.165, 1.54) is 19.2 Å². The van der Waals surface area contributed by atoms with Gasteiger partial charge in [0.25, 0.3) is 0 Å². The fourth-order valence-corrected chi connectivity index (χ4v) is 4.10. The molecule has 0 fully saturated rings. The van der Waals surface area contributed by atoms with Crippen LogP contribution in [0.5, 0.6) is 40.2 Å². The number of carbonyl (C=O) groups excluding carboxylic acids is 1. The number of methoxy groups -OCH3 is 1. The highest BCUT2D eigenvalue weighted by Crippen LogP contribution is 2.46. The number of Topliss-reactive ketones (excluding diaryl/α,β-unsaturated/α-hetero) is 1. The van der Waals surface area contributed by atoms with Gasteiger partial charge >= 0.3 is 0 Å². The first kappa shape index (κ1) is 20.8. The number of aromatic hydroxyl groups is 3. The van der Waals surface area contributed by atoms with Gasteiger partial charge in [-0.3, -0.25) is 4.79 Å². The summed E-state index contributed by atoms with van der Waals surface area (Å²) < 4.78 is 23.1. The van der Waals surface area contributed by atoms with Crippen LogP contribution in [0.2, 0.25) is 0 Å². The molecule has 0 bridgehead atoms. The topological polar surface area (TPSA) is 115 Å². The highest BCUT2D eigenvalue weighted by Gasteiger charge is 2.38. The number of rotatable bonds is 3. The Bertz CT molecular complexity index is 1250. The highest BCUT2D eigenvalue weighted by molar-refractivity contribution is 6.04. The van der Waals surface area contributed by atoms with Crippen LogP contribution in [-0.2, 0) is 0 Å². The van der Waals surface area contributed by atoms with E-state index in [0.29, 0.717) is 22.8 Å². The van der Waals surface area contributed by atoms with Gasteiger partial charge in [0, 0.05) is 17.7 Å². The van der Waals surface area contributed by atoms with Crippen LogP contribution in [0, 0.1) is 12.5 Å². The van der Waals surface area contributed by atoms with Crippen molar-refractivity contribution in [2.24, 2.45) is 5.92 Å². The van der Waals surface area contributed by atoms with Crippen molar-refractivity contribution >= 4 is 5.78 Å². The Labute approximate surface area is 189 Å². The van der Waals surface area contributed by atoms with Crippen molar-refractivity contribution in [2.45, 2.75) is 19.1 Å². The van der Waals surface area contributed by atoms with E-state index in [9.17, 15) is 20.1 Å². The van der Waals surface area contributed by atoms with Crippen LogP contribution < -0.4 is 18.9 Å². The van der Waals surface area contributed by atoms with E-state index in [2.05, 4.69) is 0 Å². The maximum absolute atomic E-state index is 12.9. The molecule has 1 radical (unpaired) electrons. The molecule has 2 aliphatic heterocycles. The Balaban J connectivity index is 1.45. The lowest BCUT2D eigenvalue weighted by Crippen LogP contribution is -2.29. The third-order valence-electron chi connectivity index (χ3n) is 5.84. The zero-order valence-corrected chi connectivity index (χ0v) is 17.8. The highest BCUT2D eigenvalue weighted by atomic mass is 16.6. The number of fused-ring (bicyclic) bond motifs is 2. The second kappa shape index (κ2) is 7.81. The summed E-state index contributed by atoms with van der Waals surface area (Å²) >= 11 is 0. The van der Waals surface area contributed by atoms with E-state index >= 15 is 0 Å². The van der Waals surface area contributed by atoms with Gasteiger partial charge in [0.1, 0.15) is 28.9 Å². The van der Waals surface area contributed by atoms with E-state index in [0.717, 1.165) is 11.6 Å². The third kappa shape index (κ3) is 3.53. The predicted molar refractivity (Wildman–Crippen MR) is 116 cm³/mol. The largest absolute Gasteiger partial charge is 0.508 e. The molecule has 3 aromatic rings. The quantitative estimate of drug-likeness (QED) is 0.538. The minimum absolute atomic E-state index is 0.0196. The summed E-state index contributed by atoms with van der Waals surface area (Å²) in [5, 5.41) is 29.8. The molecule has 8 heteroatoms. The SMILES string of the molecule is COc1cc([C@@H]2[CH]Oc3ccc([C@@H]4Oc5cc(O)cc(O)c5C(=O)[C@@H]4C)cc3O2)ccc1O. The first-order chi connectivity index (χ1) is 15.9. The normalized spacial score (nSPS) is 21.2. The fraction of sp³-hybridized carbons (Fsp3) is 0.200. The van der Waals surface area contributed by atoms with Crippen LogP contribution in [0.15, 0.2) is 48.5 Å². The molecule has 2 heterocycles. The van der Waals surface area contributed by atoms with Gasteiger partial charge in [0.15, 0.2) is 41.5 Å². The van der Waals surface area contributed by atoms with Crippen LogP contribution in [-0.4, -0.2) is 28.2 Å². The maximum atomic E-state index is 12.9. The molecule has 3 aromatic carbocycles. The minimum atomic E-state index is -0.654. The van der Waals surface area contributed by atoms with Crippen molar-refractivity contribution in [3.05, 3.63) is 71.8 Å². The van der Waals surface area contributed by atoms with Crippen molar-refractivity contribution in [1.82, 2.24) is 0 Å². The van der Waals surface area contributed by atoms with Gasteiger partial charge in [-0.25, -0.2) is 0 Å². The minimum Gasteiger partial charge on any atom is -0.508 e. The molecular formula is C25H21O8. The number of carbonyl (C=O) groups is 1. The number of phenolic OH excluding ortho intramolecular Hbond substituents is 3. The average molecular weight is 449 g/mol. The summed E-state index contributed by atoms with van der Waals surface area (Å²) in [6, 6.07) is 12.6. The van der Waals surface area contributed by atoms with E-state index in [1.54, 1.807) is 43.9 Å². The molecule has 2 aliphatic rings. The second-order valence-electron chi connectivity index (χ2n) is 7.96. The molecule has 8 nitrogen and oxygen atoms in total. The number of ether oxygens (including phenoxy) is 4. The average Bonchev–Trinajstić information content (AvgIpc) is 2.80. The zero-order chi connectivity index (χ0) is 23.3. The molecule has 169 valence electrons. The Morgan fingerprint density at radius 1 is 0.848 bits per heavy atom. The number of phenols is 3. The molecule has 0 saturated carbocycles. The van der Waals surface area contributed by atoms with Gasteiger partial charge in [-0.1, -0.05) is 19.1 Å². The van der Waals surface area contributed by atoms with Crippen molar-refractivity contribution in [3.63, 3.8) is 0 Å². The molecule has 0 spiro atoms. The van der Waals surface area contributed by atoms with Crippen LogP contribution in [0.4, 0.5) is 0 Å². The summed E-state index contributed by atoms with van der Waals surface area (Å²) in [6.45, 7) is 3.26. The molecular weight excluding hydrogens is 428 g/mol. The summed E-state index contributed by atoms with van der Waals surface area (Å²) in [5.41, 5.74) is 1.46. The monoisotopic (exact) mass is 449 g/mol. The van der Waals surface area contributed by atoms with Gasteiger partial charge in [-0.2, -0.15) is 0 Å². The first-order valence-electron chi connectivity index (χ1n) is 10.3. The molecule has 0 unspecified atom stereocenters. The Morgan fingerprint density at radius 2 is 1.64 bits per heavy atom. The molecule has 0 amide bonds. The van der Waals surface area contributed by atoms with Crippen molar-refractivity contribution in [1.29, 1.82) is 0 Å². The molecule has 0 aliphatic carbocycles. The standard InChI is InChI=1S/C25H21O8/c1-12-24(29)23-17(28)9-15(26)10-21(23)33-25(12)14-4-6-18-20(8-14)32-22(11-31-18)13-3-5-16(27)19(7-13)30-2/h3-12,22,25-28H,1-2H3/t12-,22-,25+/m0/s1.